The minimum absolute atomic E-state index is 0.0209. The Bertz CT molecular complexity index is 1780. The molecule has 194 valence electrons. The standard InChI is InChI=1S/C29H28FN5O3/c1-18(2)15-31-26(36)22-11-12-24-25(14-22)35-28(33(27(24)37)16-20-9-7-19(3)8-10-20)32-34(29(35)38)17-21-5-4-6-23(30)13-21/h4-14,18H,15-17H2,1-3H3,(H,31,36). The molecule has 38 heavy (non-hydrogen) atoms. The van der Waals surface area contributed by atoms with Crippen LogP contribution in [0.25, 0.3) is 16.7 Å². The van der Waals surface area contributed by atoms with Crippen LogP contribution < -0.4 is 16.6 Å². The van der Waals surface area contributed by atoms with Crippen molar-refractivity contribution in [3.8, 4) is 0 Å². The van der Waals surface area contributed by atoms with Crippen LogP contribution in [-0.2, 0) is 13.1 Å². The van der Waals surface area contributed by atoms with Crippen LogP contribution in [0, 0.1) is 18.7 Å². The number of nitrogens with one attached hydrogen (secondary N) is 1. The zero-order chi connectivity index (χ0) is 27.0. The Morgan fingerprint density at radius 2 is 1.74 bits per heavy atom. The van der Waals surface area contributed by atoms with Crippen molar-refractivity contribution in [1.29, 1.82) is 0 Å². The molecule has 8 nitrogen and oxygen atoms in total. The third kappa shape index (κ3) is 4.87. The van der Waals surface area contributed by atoms with E-state index in [9.17, 15) is 18.8 Å². The van der Waals surface area contributed by atoms with Gasteiger partial charge < -0.3 is 5.32 Å². The van der Waals surface area contributed by atoms with Crippen molar-refractivity contribution in [2.24, 2.45) is 5.92 Å². The quantitative estimate of drug-likeness (QED) is 0.359. The molecule has 5 aromatic rings. The third-order valence-corrected chi connectivity index (χ3v) is 6.39. The van der Waals surface area contributed by atoms with Crippen LogP contribution in [0.5, 0.6) is 0 Å². The molecule has 2 aromatic heterocycles. The first-order valence-corrected chi connectivity index (χ1v) is 12.5. The normalized spacial score (nSPS) is 11.5. The fourth-order valence-electron chi connectivity index (χ4n) is 4.39. The average Bonchev–Trinajstić information content (AvgIpc) is 3.21. The summed E-state index contributed by atoms with van der Waals surface area (Å²) in [5.74, 6) is -0.302. The van der Waals surface area contributed by atoms with Crippen molar-refractivity contribution in [1.82, 2.24) is 24.1 Å². The van der Waals surface area contributed by atoms with Gasteiger partial charge in [-0.2, -0.15) is 0 Å². The lowest BCUT2D eigenvalue weighted by Crippen LogP contribution is -2.29. The summed E-state index contributed by atoms with van der Waals surface area (Å²) in [5.41, 5.74) is 2.31. The molecule has 0 aliphatic rings. The summed E-state index contributed by atoms with van der Waals surface area (Å²) in [7, 11) is 0. The van der Waals surface area contributed by atoms with Crippen molar-refractivity contribution < 1.29 is 9.18 Å². The summed E-state index contributed by atoms with van der Waals surface area (Å²) in [6.45, 7) is 6.68. The zero-order valence-corrected chi connectivity index (χ0v) is 21.4. The Labute approximate surface area is 218 Å². The molecule has 0 atom stereocenters. The number of benzene rings is 3. The maximum absolute atomic E-state index is 13.8. The molecule has 1 amide bonds. The smallest absolute Gasteiger partial charge is 0.352 e. The molecule has 0 unspecified atom stereocenters. The van der Waals surface area contributed by atoms with E-state index >= 15 is 0 Å². The molecule has 0 saturated heterocycles. The second kappa shape index (κ2) is 10.1. The van der Waals surface area contributed by atoms with Crippen LogP contribution in [0.3, 0.4) is 0 Å². The highest BCUT2D eigenvalue weighted by atomic mass is 19.1. The maximum atomic E-state index is 13.8. The number of hydrogen-bond acceptors (Lipinski definition) is 4. The first-order chi connectivity index (χ1) is 18.2. The minimum atomic E-state index is -0.494. The van der Waals surface area contributed by atoms with Gasteiger partial charge >= 0.3 is 5.69 Å². The lowest BCUT2D eigenvalue weighted by molar-refractivity contribution is 0.0949. The molecule has 0 aliphatic heterocycles. The second-order valence-corrected chi connectivity index (χ2v) is 9.92. The number of fused-ring (bicyclic) bond motifs is 3. The molecule has 9 heteroatoms. The van der Waals surface area contributed by atoms with Gasteiger partial charge in [0.1, 0.15) is 5.82 Å². The van der Waals surface area contributed by atoms with Crippen molar-refractivity contribution in [3.05, 3.63) is 116 Å². The van der Waals surface area contributed by atoms with E-state index in [1.165, 1.54) is 25.8 Å². The predicted molar refractivity (Wildman–Crippen MR) is 144 cm³/mol. The van der Waals surface area contributed by atoms with Gasteiger partial charge in [0.25, 0.3) is 11.5 Å². The Hall–Kier alpha value is -4.53. The monoisotopic (exact) mass is 513 g/mol. The summed E-state index contributed by atoms with van der Waals surface area (Å²) in [6.07, 6.45) is 0. The Kier molecular flexibility index (Phi) is 6.67. The lowest BCUT2D eigenvalue weighted by Gasteiger charge is -2.12. The third-order valence-electron chi connectivity index (χ3n) is 6.39. The molecule has 0 bridgehead atoms. The van der Waals surface area contributed by atoms with E-state index < -0.39 is 11.5 Å². The van der Waals surface area contributed by atoms with E-state index in [4.69, 9.17) is 0 Å². The number of carbonyl (C=O) groups is 1. The van der Waals surface area contributed by atoms with E-state index in [2.05, 4.69) is 10.4 Å². The zero-order valence-electron chi connectivity index (χ0n) is 21.4. The summed E-state index contributed by atoms with van der Waals surface area (Å²) in [4.78, 5) is 40.1. The van der Waals surface area contributed by atoms with Crippen LogP contribution in [0.4, 0.5) is 4.39 Å². The van der Waals surface area contributed by atoms with E-state index in [1.54, 1.807) is 30.3 Å². The molecule has 0 spiro atoms. The van der Waals surface area contributed by atoms with Gasteiger partial charge in [0.15, 0.2) is 0 Å². The van der Waals surface area contributed by atoms with Crippen LogP contribution in [0.2, 0.25) is 0 Å². The minimum Gasteiger partial charge on any atom is -0.352 e. The summed E-state index contributed by atoms with van der Waals surface area (Å²) in [6, 6.07) is 18.4. The molecule has 3 aromatic carbocycles. The maximum Gasteiger partial charge on any atom is 0.352 e. The van der Waals surface area contributed by atoms with Crippen LogP contribution in [-0.4, -0.2) is 31.2 Å². The highest BCUT2D eigenvalue weighted by Gasteiger charge is 2.19. The fourth-order valence-corrected chi connectivity index (χ4v) is 4.39. The van der Waals surface area contributed by atoms with Crippen LogP contribution >= 0.6 is 0 Å². The van der Waals surface area contributed by atoms with E-state index in [0.29, 0.717) is 17.7 Å². The molecule has 2 heterocycles. The number of nitrogens with zero attached hydrogens (tertiary/aromatic N) is 4. The van der Waals surface area contributed by atoms with Crippen LogP contribution in [0.1, 0.15) is 40.9 Å². The number of aromatic nitrogens is 4. The SMILES string of the molecule is Cc1ccc(Cn2c(=O)c3ccc(C(=O)NCC(C)C)cc3n3c(=O)n(Cc4cccc(F)c4)nc23)cc1. The van der Waals surface area contributed by atoms with E-state index in [1.807, 2.05) is 45.0 Å². The predicted octanol–water partition coefficient (Wildman–Crippen LogP) is 3.74. The van der Waals surface area contributed by atoms with Gasteiger partial charge in [-0.1, -0.05) is 55.8 Å². The van der Waals surface area contributed by atoms with Crippen molar-refractivity contribution in [2.75, 3.05) is 6.54 Å². The molecular weight excluding hydrogens is 485 g/mol. The van der Waals surface area contributed by atoms with Gasteiger partial charge in [0.2, 0.25) is 5.78 Å². The highest BCUT2D eigenvalue weighted by molar-refractivity contribution is 5.98. The fraction of sp³-hybridized carbons (Fsp3) is 0.241. The summed E-state index contributed by atoms with van der Waals surface area (Å²) < 4.78 is 17.8. The molecule has 0 aliphatic carbocycles. The Morgan fingerprint density at radius 3 is 2.45 bits per heavy atom. The van der Waals surface area contributed by atoms with Gasteiger partial charge in [-0.05, 0) is 54.3 Å². The highest BCUT2D eigenvalue weighted by Crippen LogP contribution is 2.16. The van der Waals surface area contributed by atoms with Crippen molar-refractivity contribution >= 4 is 22.6 Å². The van der Waals surface area contributed by atoms with Gasteiger partial charge in [0.05, 0.1) is 24.0 Å². The number of hydrogen-bond donors (Lipinski definition) is 1. The Balaban J connectivity index is 1.72. The summed E-state index contributed by atoms with van der Waals surface area (Å²) >= 11 is 0. The molecule has 0 fully saturated rings. The van der Waals surface area contributed by atoms with E-state index in [0.717, 1.165) is 11.1 Å². The topological polar surface area (TPSA) is 90.4 Å². The molecule has 0 saturated carbocycles. The molecule has 0 radical (unpaired) electrons. The van der Waals surface area contributed by atoms with Crippen molar-refractivity contribution in [3.63, 3.8) is 0 Å². The number of amides is 1. The first-order valence-electron chi connectivity index (χ1n) is 12.5. The van der Waals surface area contributed by atoms with Gasteiger partial charge in [-0.15, -0.1) is 5.10 Å². The number of carbonyl (C=O) groups excluding carboxylic acids is 1. The van der Waals surface area contributed by atoms with Gasteiger partial charge in [0, 0.05) is 12.1 Å². The lowest BCUT2D eigenvalue weighted by atomic mass is 10.1. The summed E-state index contributed by atoms with van der Waals surface area (Å²) in [5, 5.41) is 7.66. The van der Waals surface area contributed by atoms with Crippen LogP contribution in [0.15, 0.2) is 76.3 Å². The number of aryl methyl sites for hydroxylation is 1. The number of halogens is 1. The first kappa shape index (κ1) is 25.1. The number of rotatable bonds is 7. The Morgan fingerprint density at radius 1 is 0.974 bits per heavy atom. The molecule has 5 rings (SSSR count). The van der Waals surface area contributed by atoms with Gasteiger partial charge in [-0.25, -0.2) is 18.3 Å². The van der Waals surface area contributed by atoms with E-state index in [-0.39, 0.29) is 47.2 Å². The molecular formula is C29H28FN5O3. The van der Waals surface area contributed by atoms with Crippen molar-refractivity contribution in [2.45, 2.75) is 33.9 Å². The second-order valence-electron chi connectivity index (χ2n) is 9.92. The molecule has 1 N–H and O–H groups in total. The largest absolute Gasteiger partial charge is 0.352 e. The van der Waals surface area contributed by atoms with Gasteiger partial charge in [-0.3, -0.25) is 14.2 Å². The average molecular weight is 514 g/mol.